The second-order valence-electron chi connectivity index (χ2n) is 8.00. The number of pyridine rings is 2. The first-order valence-corrected chi connectivity index (χ1v) is 10.1. The van der Waals surface area contributed by atoms with Gasteiger partial charge in [0.05, 0.1) is 17.8 Å². The van der Waals surface area contributed by atoms with Crippen molar-refractivity contribution in [3.63, 3.8) is 0 Å². The third-order valence-corrected chi connectivity index (χ3v) is 6.10. The van der Waals surface area contributed by atoms with Gasteiger partial charge in [0.1, 0.15) is 5.65 Å². The van der Waals surface area contributed by atoms with Gasteiger partial charge in [0.2, 0.25) is 5.91 Å². The summed E-state index contributed by atoms with van der Waals surface area (Å²) in [7, 11) is 0. The zero-order valence-corrected chi connectivity index (χ0v) is 15.9. The Balaban J connectivity index is 1.30. The molecule has 3 aliphatic heterocycles. The number of nitrogens with zero attached hydrogens (tertiary/aromatic N) is 5. The summed E-state index contributed by atoms with van der Waals surface area (Å²) < 4.78 is 2.01. The lowest BCUT2D eigenvalue weighted by atomic mass is 9.95. The summed E-state index contributed by atoms with van der Waals surface area (Å²) in [5.74, 6) is 0.760. The van der Waals surface area contributed by atoms with Crippen molar-refractivity contribution in [2.75, 3.05) is 19.6 Å². The molecule has 3 fully saturated rings. The molecule has 0 unspecified atom stereocenters. The zero-order valence-electron chi connectivity index (χ0n) is 15.9. The summed E-state index contributed by atoms with van der Waals surface area (Å²) in [6, 6.07) is 12.4. The number of amides is 1. The highest BCUT2D eigenvalue weighted by Crippen LogP contribution is 2.29. The molecule has 3 aromatic rings. The van der Waals surface area contributed by atoms with E-state index in [0.717, 1.165) is 49.6 Å². The molecule has 3 aliphatic rings. The lowest BCUT2D eigenvalue weighted by Crippen LogP contribution is -2.44. The fraction of sp³-hybridized carbons (Fsp3) is 0.409. The molecule has 0 aromatic carbocycles. The highest BCUT2D eigenvalue weighted by molar-refractivity contribution is 5.78. The summed E-state index contributed by atoms with van der Waals surface area (Å²) in [5, 5.41) is 0. The summed E-state index contributed by atoms with van der Waals surface area (Å²) in [6.07, 6.45) is 8.44. The van der Waals surface area contributed by atoms with Crippen LogP contribution in [0.5, 0.6) is 0 Å². The largest absolute Gasteiger partial charge is 0.340 e. The molecule has 3 saturated heterocycles. The summed E-state index contributed by atoms with van der Waals surface area (Å²) in [5.41, 5.74) is 2.96. The van der Waals surface area contributed by atoms with Gasteiger partial charge in [0, 0.05) is 50.8 Å². The molecule has 6 rings (SSSR count). The Morgan fingerprint density at radius 1 is 1.04 bits per heavy atom. The molecule has 28 heavy (non-hydrogen) atoms. The van der Waals surface area contributed by atoms with Crippen LogP contribution in [-0.4, -0.2) is 55.8 Å². The molecule has 6 nitrogen and oxygen atoms in total. The molecule has 2 bridgehead atoms. The van der Waals surface area contributed by atoms with Crippen LogP contribution in [-0.2, 0) is 17.8 Å². The number of hydrogen-bond donors (Lipinski definition) is 0. The van der Waals surface area contributed by atoms with Gasteiger partial charge in [-0.1, -0.05) is 12.1 Å². The minimum Gasteiger partial charge on any atom is -0.340 e. The average molecular weight is 375 g/mol. The molecule has 3 aromatic heterocycles. The predicted octanol–water partition coefficient (Wildman–Crippen LogP) is 2.39. The maximum atomic E-state index is 13.1. The Morgan fingerprint density at radius 2 is 1.96 bits per heavy atom. The van der Waals surface area contributed by atoms with Crippen LogP contribution >= 0.6 is 0 Å². The van der Waals surface area contributed by atoms with Crippen LogP contribution in [0.3, 0.4) is 0 Å². The van der Waals surface area contributed by atoms with E-state index >= 15 is 0 Å². The van der Waals surface area contributed by atoms with E-state index in [4.69, 9.17) is 0 Å². The fourth-order valence-corrected chi connectivity index (χ4v) is 4.66. The highest BCUT2D eigenvalue weighted by Gasteiger charge is 2.36. The number of carbonyl (C=O) groups excluding carboxylic acids is 1. The first-order valence-electron chi connectivity index (χ1n) is 10.1. The molecule has 0 aliphatic carbocycles. The van der Waals surface area contributed by atoms with E-state index in [1.54, 1.807) is 0 Å². The number of fused-ring (bicyclic) bond motifs is 5. The van der Waals surface area contributed by atoms with E-state index in [9.17, 15) is 4.79 Å². The van der Waals surface area contributed by atoms with Gasteiger partial charge in [-0.15, -0.1) is 0 Å². The lowest BCUT2D eigenvalue weighted by molar-refractivity contribution is -0.130. The van der Waals surface area contributed by atoms with Crippen molar-refractivity contribution in [3.05, 3.63) is 66.4 Å². The van der Waals surface area contributed by atoms with Gasteiger partial charge in [0.15, 0.2) is 0 Å². The van der Waals surface area contributed by atoms with Crippen molar-refractivity contribution in [3.8, 4) is 0 Å². The second kappa shape index (κ2) is 7.36. The Labute approximate surface area is 164 Å². The van der Waals surface area contributed by atoms with Crippen molar-refractivity contribution >= 4 is 11.6 Å². The molecule has 144 valence electrons. The van der Waals surface area contributed by atoms with Gasteiger partial charge >= 0.3 is 0 Å². The van der Waals surface area contributed by atoms with Crippen LogP contribution in [0.2, 0.25) is 0 Å². The fourth-order valence-electron chi connectivity index (χ4n) is 4.66. The van der Waals surface area contributed by atoms with Gasteiger partial charge in [-0.05, 0) is 43.0 Å². The Bertz CT molecular complexity index is 969. The van der Waals surface area contributed by atoms with Crippen LogP contribution in [0.4, 0.5) is 0 Å². The van der Waals surface area contributed by atoms with Crippen LogP contribution in [0.1, 0.15) is 24.2 Å². The first kappa shape index (κ1) is 17.4. The third kappa shape index (κ3) is 3.40. The maximum Gasteiger partial charge on any atom is 0.228 e. The first-order chi connectivity index (χ1) is 13.8. The van der Waals surface area contributed by atoms with E-state index in [2.05, 4.69) is 25.8 Å². The number of carbonyl (C=O) groups is 1. The van der Waals surface area contributed by atoms with E-state index in [-0.39, 0.29) is 5.91 Å². The molecule has 0 radical (unpaired) electrons. The van der Waals surface area contributed by atoms with Crippen LogP contribution < -0.4 is 0 Å². The number of hydrogen-bond acceptors (Lipinski definition) is 4. The van der Waals surface area contributed by atoms with Crippen LogP contribution in [0.25, 0.3) is 5.65 Å². The van der Waals surface area contributed by atoms with Crippen molar-refractivity contribution in [2.45, 2.75) is 31.8 Å². The lowest BCUT2D eigenvalue weighted by Gasteiger charge is -2.35. The molecule has 0 saturated carbocycles. The van der Waals surface area contributed by atoms with Crippen molar-refractivity contribution < 1.29 is 4.79 Å². The van der Waals surface area contributed by atoms with E-state index in [0.29, 0.717) is 18.4 Å². The SMILES string of the molecule is O=C(Cc1cnc2ccccn12)N1C[C@@H]2CC[C@H](C1)N(Cc1ccccn1)C2. The quantitative estimate of drug-likeness (QED) is 0.703. The summed E-state index contributed by atoms with van der Waals surface area (Å²) >= 11 is 0. The van der Waals surface area contributed by atoms with E-state index < -0.39 is 0 Å². The molecule has 2 atom stereocenters. The van der Waals surface area contributed by atoms with E-state index in [1.165, 1.54) is 6.42 Å². The average Bonchev–Trinajstić information content (AvgIpc) is 2.90. The van der Waals surface area contributed by atoms with E-state index in [1.807, 2.05) is 53.3 Å². The van der Waals surface area contributed by atoms with Crippen molar-refractivity contribution in [1.29, 1.82) is 0 Å². The standard InChI is InChI=1S/C22H25N5O/c28-22(11-20-12-24-21-6-2-4-10-27(20)21)26-14-17-7-8-19(16-26)25(13-17)15-18-5-1-3-9-23-18/h1-6,9-10,12,17,19H,7-8,11,13-16H2/t17-,19-/m1/s1. The van der Waals surface area contributed by atoms with Gasteiger partial charge < -0.3 is 9.30 Å². The molecular weight excluding hydrogens is 350 g/mol. The number of rotatable bonds is 4. The molecule has 1 amide bonds. The second-order valence-corrected chi connectivity index (χ2v) is 8.00. The summed E-state index contributed by atoms with van der Waals surface area (Å²) in [6.45, 7) is 3.61. The van der Waals surface area contributed by atoms with Crippen LogP contribution in [0.15, 0.2) is 55.0 Å². The molecule has 6 heterocycles. The normalized spacial score (nSPS) is 22.5. The number of imidazole rings is 1. The Kier molecular flexibility index (Phi) is 4.56. The number of piperidine rings is 1. The van der Waals surface area contributed by atoms with Gasteiger partial charge in [-0.2, -0.15) is 0 Å². The highest BCUT2D eigenvalue weighted by atomic mass is 16.2. The molecular formula is C22H25N5O. The monoisotopic (exact) mass is 375 g/mol. The summed E-state index contributed by atoms with van der Waals surface area (Å²) in [4.78, 5) is 26.6. The third-order valence-electron chi connectivity index (χ3n) is 6.10. The minimum atomic E-state index is 0.210. The number of aromatic nitrogens is 3. The topological polar surface area (TPSA) is 53.7 Å². The Hall–Kier alpha value is -2.73. The molecule has 0 spiro atoms. The molecule has 6 heteroatoms. The van der Waals surface area contributed by atoms with Crippen LogP contribution in [0, 0.1) is 5.92 Å². The van der Waals surface area contributed by atoms with Gasteiger partial charge in [-0.3, -0.25) is 14.7 Å². The zero-order chi connectivity index (χ0) is 18.9. The minimum absolute atomic E-state index is 0.210. The smallest absolute Gasteiger partial charge is 0.228 e. The van der Waals surface area contributed by atoms with Gasteiger partial charge in [-0.25, -0.2) is 4.98 Å². The van der Waals surface area contributed by atoms with Crippen molar-refractivity contribution in [1.82, 2.24) is 24.2 Å². The predicted molar refractivity (Wildman–Crippen MR) is 107 cm³/mol. The van der Waals surface area contributed by atoms with Crippen molar-refractivity contribution in [2.24, 2.45) is 5.92 Å². The molecule has 0 N–H and O–H groups in total. The maximum absolute atomic E-state index is 13.1. The van der Waals surface area contributed by atoms with Gasteiger partial charge in [0.25, 0.3) is 0 Å². The Morgan fingerprint density at radius 3 is 2.86 bits per heavy atom.